The number of carbonyl (C=O) groups is 2. The molecule has 2 atom stereocenters. The van der Waals surface area contributed by atoms with Gasteiger partial charge in [-0.2, -0.15) is 13.2 Å². The van der Waals surface area contributed by atoms with Crippen molar-refractivity contribution in [3.63, 3.8) is 0 Å². The standard InChI is InChI=1S/C21H25F3N4O3.H2/c22-21(23,24)14-1-2-15(25-8-14)5-13-6-20(7-13)11-28(12-20)19(30)27-4-3-17-16(9-27)26-18(29)10-31-17;/h1-2,8,13,16-17H,3-7,9-12H2,(H,26,29);1H/t16-,17+;/m1./s1. The number of pyridine rings is 1. The van der Waals surface area contributed by atoms with Crippen LogP contribution in [0.2, 0.25) is 0 Å². The van der Waals surface area contributed by atoms with E-state index >= 15 is 0 Å². The molecule has 31 heavy (non-hydrogen) atoms. The van der Waals surface area contributed by atoms with Gasteiger partial charge in [0.15, 0.2) is 0 Å². The van der Waals surface area contributed by atoms with E-state index in [0.29, 0.717) is 31.1 Å². The van der Waals surface area contributed by atoms with E-state index in [1.165, 1.54) is 6.07 Å². The summed E-state index contributed by atoms with van der Waals surface area (Å²) < 4.78 is 43.5. The zero-order valence-electron chi connectivity index (χ0n) is 17.0. The molecule has 170 valence electrons. The van der Waals surface area contributed by atoms with E-state index < -0.39 is 11.7 Å². The number of halogens is 3. The van der Waals surface area contributed by atoms with E-state index in [0.717, 1.165) is 44.6 Å². The zero-order valence-corrected chi connectivity index (χ0v) is 17.0. The molecule has 0 radical (unpaired) electrons. The number of nitrogens with zero attached hydrogens (tertiary/aromatic N) is 3. The molecule has 1 aromatic rings. The predicted octanol–water partition coefficient (Wildman–Crippen LogP) is 2.31. The van der Waals surface area contributed by atoms with Gasteiger partial charge >= 0.3 is 12.2 Å². The van der Waals surface area contributed by atoms with Gasteiger partial charge in [-0.1, -0.05) is 0 Å². The lowest BCUT2D eigenvalue weighted by molar-refractivity contribution is -0.140. The lowest BCUT2D eigenvalue weighted by Crippen LogP contribution is -2.68. The van der Waals surface area contributed by atoms with Crippen molar-refractivity contribution in [2.24, 2.45) is 11.3 Å². The topological polar surface area (TPSA) is 74.8 Å². The molecule has 4 fully saturated rings. The third-order valence-electron chi connectivity index (χ3n) is 7.01. The molecule has 1 N–H and O–H groups in total. The maximum Gasteiger partial charge on any atom is 0.417 e. The van der Waals surface area contributed by atoms with E-state index in [2.05, 4.69) is 10.3 Å². The van der Waals surface area contributed by atoms with E-state index in [-0.39, 0.29) is 37.5 Å². The number of rotatable bonds is 2. The van der Waals surface area contributed by atoms with Gasteiger partial charge in [-0.3, -0.25) is 9.78 Å². The van der Waals surface area contributed by atoms with E-state index in [4.69, 9.17) is 4.74 Å². The average Bonchev–Trinajstić information content (AvgIpc) is 2.67. The quantitative estimate of drug-likeness (QED) is 0.766. The van der Waals surface area contributed by atoms with Crippen molar-refractivity contribution in [2.75, 3.05) is 32.8 Å². The minimum absolute atomic E-state index is 0. The lowest BCUT2D eigenvalue weighted by atomic mass is 9.57. The van der Waals surface area contributed by atoms with E-state index in [1.54, 1.807) is 4.90 Å². The number of nitrogens with one attached hydrogen (secondary N) is 1. The molecule has 10 heteroatoms. The predicted molar refractivity (Wildman–Crippen MR) is 105 cm³/mol. The van der Waals surface area contributed by atoms with Crippen molar-refractivity contribution in [3.05, 3.63) is 29.6 Å². The molecule has 4 aliphatic rings. The highest BCUT2D eigenvalue weighted by atomic mass is 19.4. The lowest BCUT2D eigenvalue weighted by Gasteiger charge is -2.60. The summed E-state index contributed by atoms with van der Waals surface area (Å²) in [5.74, 6) is 0.258. The molecule has 3 amide bonds. The Hall–Kier alpha value is -2.36. The van der Waals surface area contributed by atoms with Crippen LogP contribution in [0.4, 0.5) is 18.0 Å². The minimum atomic E-state index is -4.36. The molecule has 0 aromatic carbocycles. The third-order valence-corrected chi connectivity index (χ3v) is 7.01. The highest BCUT2D eigenvalue weighted by Gasteiger charge is 2.54. The molecule has 0 unspecified atom stereocenters. The second kappa shape index (κ2) is 7.36. The van der Waals surface area contributed by atoms with Crippen LogP contribution >= 0.6 is 0 Å². The fourth-order valence-electron chi connectivity index (χ4n) is 5.55. The van der Waals surface area contributed by atoms with Crippen LogP contribution in [0.15, 0.2) is 18.3 Å². The highest BCUT2D eigenvalue weighted by Crippen LogP contribution is 2.53. The van der Waals surface area contributed by atoms with Crippen molar-refractivity contribution in [1.29, 1.82) is 0 Å². The summed E-state index contributed by atoms with van der Waals surface area (Å²) in [6.07, 6.45) is -0.159. The normalized spacial score (nSPS) is 27.9. The van der Waals surface area contributed by atoms with Gasteiger partial charge in [0.2, 0.25) is 5.91 Å². The number of fused-ring (bicyclic) bond motifs is 1. The van der Waals surface area contributed by atoms with Crippen LogP contribution in [0, 0.1) is 11.3 Å². The summed E-state index contributed by atoms with van der Waals surface area (Å²) in [5, 5.41) is 2.91. The first kappa shape index (κ1) is 20.5. The van der Waals surface area contributed by atoms with Gasteiger partial charge in [-0.05, 0) is 43.7 Å². The molecule has 5 rings (SSSR count). The van der Waals surface area contributed by atoms with Crippen LogP contribution in [0.1, 0.15) is 31.9 Å². The largest absolute Gasteiger partial charge is 0.417 e. The Morgan fingerprint density at radius 2 is 2.06 bits per heavy atom. The first-order valence-corrected chi connectivity index (χ1v) is 10.7. The van der Waals surface area contributed by atoms with Gasteiger partial charge in [0, 0.05) is 44.9 Å². The van der Waals surface area contributed by atoms with Crippen molar-refractivity contribution in [1.82, 2.24) is 20.1 Å². The van der Waals surface area contributed by atoms with Gasteiger partial charge in [-0.15, -0.1) is 0 Å². The number of piperidine rings is 1. The van der Waals surface area contributed by atoms with Crippen LogP contribution in [0.3, 0.4) is 0 Å². The summed E-state index contributed by atoms with van der Waals surface area (Å²) in [5.41, 5.74) is 0.102. The Balaban J connectivity index is 0.00000245. The summed E-state index contributed by atoms with van der Waals surface area (Å²) in [7, 11) is 0. The number of alkyl halides is 3. The molecule has 1 aliphatic carbocycles. The number of likely N-dealkylation sites (tertiary alicyclic amines) is 2. The average molecular weight is 440 g/mol. The highest BCUT2D eigenvalue weighted by molar-refractivity contribution is 5.79. The van der Waals surface area contributed by atoms with Gasteiger partial charge in [0.05, 0.1) is 17.7 Å². The first-order valence-electron chi connectivity index (χ1n) is 10.7. The van der Waals surface area contributed by atoms with Gasteiger partial charge < -0.3 is 19.9 Å². The molecule has 7 nitrogen and oxygen atoms in total. The molecule has 1 saturated carbocycles. The number of aromatic nitrogens is 1. The van der Waals surface area contributed by atoms with Crippen LogP contribution < -0.4 is 5.32 Å². The molecule has 3 saturated heterocycles. The molecule has 1 aromatic heterocycles. The van der Waals surface area contributed by atoms with Gasteiger partial charge in [-0.25, -0.2) is 4.79 Å². The number of hydrogen-bond donors (Lipinski definition) is 1. The molecular formula is C21H27F3N4O3. The number of carbonyl (C=O) groups excluding carboxylic acids is 2. The molecule has 4 heterocycles. The van der Waals surface area contributed by atoms with Gasteiger partial charge in [0.25, 0.3) is 0 Å². The van der Waals surface area contributed by atoms with Crippen molar-refractivity contribution in [3.8, 4) is 0 Å². The molecule has 0 bridgehead atoms. The SMILES string of the molecule is O=C1CO[C@H]2CCN(C(=O)N3CC4(CC(Cc5ccc(C(F)(F)F)cn5)C4)C3)C[C@H]2N1.[HH]. The third kappa shape index (κ3) is 3.97. The summed E-state index contributed by atoms with van der Waals surface area (Å²) in [4.78, 5) is 32.0. The minimum Gasteiger partial charge on any atom is -0.366 e. The van der Waals surface area contributed by atoms with E-state index in [9.17, 15) is 22.8 Å². The van der Waals surface area contributed by atoms with Crippen molar-refractivity contribution in [2.45, 2.75) is 44.0 Å². The number of ether oxygens (including phenoxy) is 1. The summed E-state index contributed by atoms with van der Waals surface area (Å²) in [6.45, 7) is 2.63. The second-order valence-corrected chi connectivity index (χ2v) is 9.41. The van der Waals surface area contributed by atoms with Crippen molar-refractivity contribution < 1.29 is 28.9 Å². The Morgan fingerprint density at radius 3 is 2.74 bits per heavy atom. The van der Waals surface area contributed by atoms with Crippen LogP contribution in [-0.2, 0) is 22.1 Å². The number of amides is 3. The Morgan fingerprint density at radius 1 is 1.29 bits per heavy atom. The maximum absolute atomic E-state index is 12.8. The number of hydrogen-bond acceptors (Lipinski definition) is 4. The molecular weight excluding hydrogens is 413 g/mol. The molecule has 1 spiro atoms. The smallest absolute Gasteiger partial charge is 0.366 e. The maximum atomic E-state index is 12.8. The Labute approximate surface area is 179 Å². The fourth-order valence-corrected chi connectivity index (χ4v) is 5.55. The second-order valence-electron chi connectivity index (χ2n) is 9.41. The van der Waals surface area contributed by atoms with Gasteiger partial charge in [0.1, 0.15) is 6.61 Å². The van der Waals surface area contributed by atoms with E-state index in [1.807, 2.05) is 4.90 Å². The Kier molecular flexibility index (Phi) is 4.87. The number of urea groups is 1. The number of morpholine rings is 1. The monoisotopic (exact) mass is 440 g/mol. The zero-order chi connectivity index (χ0) is 21.8. The van der Waals surface area contributed by atoms with Crippen LogP contribution in [0.25, 0.3) is 0 Å². The first-order chi connectivity index (χ1) is 14.7. The summed E-state index contributed by atoms with van der Waals surface area (Å²) in [6, 6.07) is 2.42. The van der Waals surface area contributed by atoms with Crippen LogP contribution in [-0.4, -0.2) is 71.7 Å². The molecule has 3 aliphatic heterocycles. The summed E-state index contributed by atoms with van der Waals surface area (Å²) >= 11 is 0. The Bertz CT molecular complexity index is 868. The van der Waals surface area contributed by atoms with Crippen LogP contribution in [0.5, 0.6) is 0 Å². The fraction of sp³-hybridized carbons (Fsp3) is 0.667. The van der Waals surface area contributed by atoms with Crippen molar-refractivity contribution >= 4 is 11.9 Å².